The molecule has 1 heterocycles. The fourth-order valence-corrected chi connectivity index (χ4v) is 3.39. The van der Waals surface area contributed by atoms with Gasteiger partial charge in [-0.05, 0) is 49.9 Å². The lowest BCUT2D eigenvalue weighted by Crippen LogP contribution is -2.43. The van der Waals surface area contributed by atoms with Gasteiger partial charge in [0.1, 0.15) is 5.60 Å². The molecule has 3 heteroatoms. The molecule has 0 radical (unpaired) electrons. The van der Waals surface area contributed by atoms with Crippen molar-refractivity contribution in [2.24, 2.45) is 16.2 Å². The van der Waals surface area contributed by atoms with Crippen molar-refractivity contribution in [3.63, 3.8) is 0 Å². The molecular weight excluding hydrogens is 262 g/mol. The molecule has 1 unspecified atom stereocenters. The minimum atomic E-state index is -0.423. The second-order valence-electron chi connectivity index (χ2n) is 9.92. The Morgan fingerprint density at radius 1 is 1.05 bits per heavy atom. The maximum atomic E-state index is 12.3. The summed E-state index contributed by atoms with van der Waals surface area (Å²) >= 11 is 0. The second-order valence-corrected chi connectivity index (χ2v) is 9.92. The minimum absolute atomic E-state index is 0.164. The zero-order valence-electron chi connectivity index (χ0n) is 15.6. The van der Waals surface area contributed by atoms with E-state index in [1.54, 1.807) is 0 Å². The third-order valence-corrected chi connectivity index (χ3v) is 4.47. The zero-order chi connectivity index (χ0) is 16.7. The fourth-order valence-electron chi connectivity index (χ4n) is 3.39. The summed E-state index contributed by atoms with van der Waals surface area (Å²) in [7, 11) is 0. The van der Waals surface area contributed by atoms with Crippen LogP contribution in [-0.2, 0) is 4.74 Å². The molecule has 1 aliphatic heterocycles. The van der Waals surface area contributed by atoms with Crippen LogP contribution in [0.2, 0.25) is 0 Å². The summed E-state index contributed by atoms with van der Waals surface area (Å²) in [6, 6.07) is 0. The van der Waals surface area contributed by atoms with Crippen molar-refractivity contribution in [2.45, 2.75) is 80.8 Å². The Labute approximate surface area is 131 Å². The van der Waals surface area contributed by atoms with Crippen molar-refractivity contribution in [3.05, 3.63) is 0 Å². The van der Waals surface area contributed by atoms with Crippen LogP contribution in [0, 0.1) is 16.2 Å². The van der Waals surface area contributed by atoms with Crippen LogP contribution in [0.15, 0.2) is 0 Å². The van der Waals surface area contributed by atoms with Gasteiger partial charge in [0.05, 0.1) is 0 Å². The molecule has 1 saturated heterocycles. The highest BCUT2D eigenvalue weighted by Gasteiger charge is 2.50. The molecule has 0 spiro atoms. The largest absolute Gasteiger partial charge is 0.444 e. The number of carbonyl (C=O) groups is 1. The topological polar surface area (TPSA) is 29.5 Å². The number of hydrogen-bond acceptors (Lipinski definition) is 2. The van der Waals surface area contributed by atoms with Crippen LogP contribution in [0.3, 0.4) is 0 Å². The summed E-state index contributed by atoms with van der Waals surface area (Å²) in [5, 5.41) is 0. The number of amides is 1. The van der Waals surface area contributed by atoms with Crippen LogP contribution in [0.1, 0.15) is 75.2 Å². The number of likely N-dealkylation sites (tertiary alicyclic amines) is 1. The normalized spacial score (nSPS) is 24.3. The highest BCUT2D eigenvalue weighted by atomic mass is 16.6. The van der Waals surface area contributed by atoms with Gasteiger partial charge in [-0.1, -0.05) is 41.5 Å². The predicted molar refractivity (Wildman–Crippen MR) is 88.4 cm³/mol. The molecule has 1 fully saturated rings. The average molecular weight is 297 g/mol. The van der Waals surface area contributed by atoms with Crippen LogP contribution >= 0.6 is 0 Å². The van der Waals surface area contributed by atoms with Crippen LogP contribution in [0.4, 0.5) is 4.79 Å². The smallest absolute Gasteiger partial charge is 0.410 e. The predicted octanol–water partition coefficient (Wildman–Crippen LogP) is 5.10. The van der Waals surface area contributed by atoms with E-state index < -0.39 is 5.60 Å². The molecule has 0 aromatic carbocycles. The number of hydrogen-bond donors (Lipinski definition) is 0. The summed E-state index contributed by atoms with van der Waals surface area (Å²) in [5.74, 6) is 0. The van der Waals surface area contributed by atoms with E-state index >= 15 is 0 Å². The first-order valence-corrected chi connectivity index (χ1v) is 8.13. The van der Waals surface area contributed by atoms with Gasteiger partial charge in [0.25, 0.3) is 0 Å². The molecule has 0 aromatic heterocycles. The number of carbonyl (C=O) groups excluding carboxylic acids is 1. The third-order valence-electron chi connectivity index (χ3n) is 4.47. The van der Waals surface area contributed by atoms with Crippen molar-refractivity contribution in [1.29, 1.82) is 0 Å². The van der Waals surface area contributed by atoms with Gasteiger partial charge in [-0.25, -0.2) is 4.79 Å². The first kappa shape index (κ1) is 18.3. The summed E-state index contributed by atoms with van der Waals surface area (Å²) in [4.78, 5) is 14.2. The Morgan fingerprint density at radius 2 is 1.57 bits per heavy atom. The summed E-state index contributed by atoms with van der Waals surface area (Å²) in [5.41, 5.74) is 0.185. The fraction of sp³-hybridized carbons (Fsp3) is 0.944. The second kappa shape index (κ2) is 5.48. The van der Waals surface area contributed by atoms with Crippen LogP contribution in [0.25, 0.3) is 0 Å². The highest BCUT2D eigenvalue weighted by molar-refractivity contribution is 5.68. The van der Waals surface area contributed by atoms with E-state index in [-0.39, 0.29) is 22.3 Å². The zero-order valence-corrected chi connectivity index (χ0v) is 15.6. The molecular formula is C18H35NO2. The minimum Gasteiger partial charge on any atom is -0.444 e. The monoisotopic (exact) mass is 297 g/mol. The first-order valence-electron chi connectivity index (χ1n) is 8.13. The molecule has 1 amide bonds. The Morgan fingerprint density at radius 3 is 1.95 bits per heavy atom. The van der Waals surface area contributed by atoms with Crippen molar-refractivity contribution in [3.8, 4) is 0 Å². The molecule has 1 rings (SSSR count). The van der Waals surface area contributed by atoms with Crippen molar-refractivity contribution in [1.82, 2.24) is 4.90 Å². The lowest BCUT2D eigenvalue weighted by molar-refractivity contribution is 0.0140. The maximum Gasteiger partial charge on any atom is 0.410 e. The van der Waals surface area contributed by atoms with Gasteiger partial charge in [-0.3, -0.25) is 0 Å². The van der Waals surface area contributed by atoms with Gasteiger partial charge < -0.3 is 9.64 Å². The van der Waals surface area contributed by atoms with E-state index in [4.69, 9.17) is 4.74 Å². The number of nitrogens with zero attached hydrogens (tertiary/aromatic N) is 1. The Bertz CT molecular complexity index is 381. The molecule has 0 N–H and O–H groups in total. The summed E-state index contributed by atoms with van der Waals surface area (Å²) < 4.78 is 5.54. The third kappa shape index (κ3) is 4.89. The van der Waals surface area contributed by atoms with Gasteiger partial charge in [-0.2, -0.15) is 0 Å². The Balaban J connectivity index is 2.90. The van der Waals surface area contributed by atoms with Gasteiger partial charge in [0.15, 0.2) is 0 Å². The summed E-state index contributed by atoms with van der Waals surface area (Å²) in [6.07, 6.45) is 2.03. The lowest BCUT2D eigenvalue weighted by Gasteiger charge is -2.45. The molecule has 0 bridgehead atoms. The van der Waals surface area contributed by atoms with Gasteiger partial charge in [0, 0.05) is 13.1 Å². The average Bonchev–Trinajstić information content (AvgIpc) is 2.56. The Hall–Kier alpha value is -0.730. The number of ether oxygens (including phenoxy) is 1. The van der Waals surface area contributed by atoms with Crippen LogP contribution < -0.4 is 0 Å². The highest BCUT2D eigenvalue weighted by Crippen LogP contribution is 2.52. The van der Waals surface area contributed by atoms with Crippen molar-refractivity contribution in [2.75, 3.05) is 13.1 Å². The van der Waals surface area contributed by atoms with E-state index in [1.807, 2.05) is 25.7 Å². The SMILES string of the molecule is CC(C)(C)CC1(C(C)(C)C)CCN(C(=O)OC(C)(C)C)C1. The van der Waals surface area contributed by atoms with E-state index in [1.165, 1.54) is 0 Å². The molecule has 21 heavy (non-hydrogen) atoms. The van der Waals surface area contributed by atoms with Crippen LogP contribution in [-0.4, -0.2) is 29.7 Å². The van der Waals surface area contributed by atoms with Crippen molar-refractivity contribution < 1.29 is 9.53 Å². The molecule has 124 valence electrons. The van der Waals surface area contributed by atoms with E-state index in [9.17, 15) is 4.79 Å². The Kier molecular flexibility index (Phi) is 4.78. The van der Waals surface area contributed by atoms with Crippen molar-refractivity contribution >= 4 is 6.09 Å². The molecule has 0 aromatic rings. The van der Waals surface area contributed by atoms with Crippen LogP contribution in [0.5, 0.6) is 0 Å². The van der Waals surface area contributed by atoms with Gasteiger partial charge >= 0.3 is 6.09 Å². The van der Waals surface area contributed by atoms with E-state index in [2.05, 4.69) is 41.5 Å². The summed E-state index contributed by atoms with van der Waals surface area (Å²) in [6.45, 7) is 21.2. The standard InChI is InChI=1S/C18H35NO2/c1-15(2,3)12-18(16(4,5)6)10-11-19(13-18)14(20)21-17(7,8)9/h10-13H2,1-9H3. The molecule has 1 atom stereocenters. The molecule has 1 aliphatic rings. The van der Waals surface area contributed by atoms with E-state index in [0.29, 0.717) is 0 Å². The quantitative estimate of drug-likeness (QED) is 0.674. The number of rotatable bonds is 1. The molecule has 0 aliphatic carbocycles. The lowest BCUT2D eigenvalue weighted by atomic mass is 9.60. The maximum absolute atomic E-state index is 12.3. The first-order chi connectivity index (χ1) is 9.15. The van der Waals surface area contributed by atoms with E-state index in [0.717, 1.165) is 25.9 Å². The molecule has 0 saturated carbocycles. The molecule has 3 nitrogen and oxygen atoms in total. The van der Waals surface area contributed by atoms with Gasteiger partial charge in [0.2, 0.25) is 0 Å². The van der Waals surface area contributed by atoms with Gasteiger partial charge in [-0.15, -0.1) is 0 Å².